The second kappa shape index (κ2) is 4.86. The van der Waals surface area contributed by atoms with E-state index in [-0.39, 0.29) is 16.7 Å². The van der Waals surface area contributed by atoms with E-state index in [0.717, 1.165) is 22.2 Å². The summed E-state index contributed by atoms with van der Waals surface area (Å²) in [4.78, 5) is 7.31. The van der Waals surface area contributed by atoms with Crippen molar-refractivity contribution >= 4 is 22.7 Å². The van der Waals surface area contributed by atoms with Crippen molar-refractivity contribution < 1.29 is 13.2 Å². The lowest BCUT2D eigenvalue weighted by atomic mass is 10.2. The van der Waals surface area contributed by atoms with Crippen molar-refractivity contribution in [3.8, 4) is 11.3 Å². The van der Waals surface area contributed by atoms with Crippen molar-refractivity contribution in [1.29, 1.82) is 0 Å². The van der Waals surface area contributed by atoms with Gasteiger partial charge in [-0.3, -0.25) is 4.98 Å². The van der Waals surface area contributed by atoms with Gasteiger partial charge in [0.25, 0.3) is 0 Å². The lowest BCUT2D eigenvalue weighted by Gasteiger charge is -2.04. The molecule has 0 amide bonds. The molecule has 0 saturated carbocycles. The van der Waals surface area contributed by atoms with Crippen LogP contribution in [0, 0.1) is 0 Å². The van der Waals surface area contributed by atoms with Gasteiger partial charge >= 0.3 is 5.51 Å². The predicted molar refractivity (Wildman–Crippen MR) is 73.4 cm³/mol. The van der Waals surface area contributed by atoms with E-state index in [1.165, 1.54) is 12.1 Å². The average molecular weight is 294 g/mol. The molecule has 0 saturated heterocycles. The predicted octanol–water partition coefficient (Wildman–Crippen LogP) is 4.84. The third-order valence-corrected chi connectivity index (χ3v) is 3.54. The average Bonchev–Trinajstić information content (AvgIpc) is 2.81. The maximum absolute atomic E-state index is 12.4. The van der Waals surface area contributed by atoms with Crippen LogP contribution in [0.4, 0.5) is 13.2 Å². The molecule has 0 unspecified atom stereocenters. The van der Waals surface area contributed by atoms with Crippen LogP contribution >= 0.6 is 11.8 Å². The standard InChI is InChI=1S/C14H9F3N2S/c15-14(16,17)20-11-1-2-12-10(7-11)8-13(19-12)9-3-5-18-6-4-9/h1-8,19H. The van der Waals surface area contributed by atoms with E-state index in [1.54, 1.807) is 18.5 Å². The molecule has 102 valence electrons. The first-order valence-electron chi connectivity index (χ1n) is 5.80. The van der Waals surface area contributed by atoms with Crippen molar-refractivity contribution in [3.63, 3.8) is 0 Å². The van der Waals surface area contributed by atoms with Gasteiger partial charge in [-0.05, 0) is 48.2 Å². The number of rotatable bonds is 2. The normalized spacial score (nSPS) is 11.9. The van der Waals surface area contributed by atoms with Crippen molar-refractivity contribution in [2.75, 3.05) is 0 Å². The summed E-state index contributed by atoms with van der Waals surface area (Å²) in [7, 11) is 0. The topological polar surface area (TPSA) is 28.7 Å². The van der Waals surface area contributed by atoms with E-state index in [0.29, 0.717) is 0 Å². The quantitative estimate of drug-likeness (QED) is 0.685. The van der Waals surface area contributed by atoms with Gasteiger partial charge in [-0.25, -0.2) is 0 Å². The number of H-pyrrole nitrogens is 1. The highest BCUT2D eigenvalue weighted by Crippen LogP contribution is 2.38. The zero-order valence-corrected chi connectivity index (χ0v) is 10.9. The fourth-order valence-corrected chi connectivity index (χ4v) is 2.58. The molecular weight excluding hydrogens is 285 g/mol. The Morgan fingerprint density at radius 1 is 1.00 bits per heavy atom. The summed E-state index contributed by atoms with van der Waals surface area (Å²) in [5, 5.41) is 0.756. The highest BCUT2D eigenvalue weighted by molar-refractivity contribution is 8.00. The first-order chi connectivity index (χ1) is 9.51. The number of aromatic amines is 1. The highest BCUT2D eigenvalue weighted by Gasteiger charge is 2.29. The molecule has 3 aromatic rings. The van der Waals surface area contributed by atoms with Crippen LogP contribution in [0.15, 0.2) is 53.7 Å². The Hall–Kier alpha value is -1.95. The minimum Gasteiger partial charge on any atom is -0.355 e. The number of aromatic nitrogens is 2. The van der Waals surface area contributed by atoms with Crippen molar-refractivity contribution in [3.05, 3.63) is 48.8 Å². The Balaban J connectivity index is 2.00. The molecule has 6 heteroatoms. The second-order valence-corrected chi connectivity index (χ2v) is 5.35. The number of nitrogens with zero attached hydrogens (tertiary/aromatic N) is 1. The summed E-state index contributed by atoms with van der Waals surface area (Å²) in [5.41, 5.74) is -1.65. The Morgan fingerprint density at radius 3 is 2.45 bits per heavy atom. The molecule has 0 fully saturated rings. The molecule has 0 bridgehead atoms. The van der Waals surface area contributed by atoms with Gasteiger partial charge in [0, 0.05) is 39.4 Å². The zero-order valence-electron chi connectivity index (χ0n) is 10.1. The molecule has 1 aromatic carbocycles. The highest BCUT2D eigenvalue weighted by atomic mass is 32.2. The zero-order chi connectivity index (χ0) is 14.2. The van der Waals surface area contributed by atoms with E-state index in [2.05, 4.69) is 9.97 Å². The van der Waals surface area contributed by atoms with Crippen LogP contribution in [0.2, 0.25) is 0 Å². The Bertz CT molecular complexity index is 735. The molecule has 0 aliphatic carbocycles. The van der Waals surface area contributed by atoms with Gasteiger partial charge in [-0.1, -0.05) is 0 Å². The van der Waals surface area contributed by atoms with Crippen molar-refractivity contribution in [1.82, 2.24) is 9.97 Å². The molecule has 0 atom stereocenters. The lowest BCUT2D eigenvalue weighted by Crippen LogP contribution is -1.98. The van der Waals surface area contributed by atoms with Crippen LogP contribution in [0.5, 0.6) is 0 Å². The van der Waals surface area contributed by atoms with E-state index < -0.39 is 5.51 Å². The van der Waals surface area contributed by atoms with E-state index in [4.69, 9.17) is 0 Å². The number of fused-ring (bicyclic) bond motifs is 1. The molecular formula is C14H9F3N2S. The minimum absolute atomic E-state index is 0.103. The van der Waals surface area contributed by atoms with Crippen LogP contribution < -0.4 is 0 Å². The lowest BCUT2D eigenvalue weighted by molar-refractivity contribution is -0.0328. The molecule has 3 rings (SSSR count). The number of hydrogen-bond acceptors (Lipinski definition) is 2. The van der Waals surface area contributed by atoms with Gasteiger partial charge in [0.1, 0.15) is 0 Å². The fourth-order valence-electron chi connectivity index (χ4n) is 1.99. The molecule has 0 aliphatic heterocycles. The monoisotopic (exact) mass is 294 g/mol. The number of pyridine rings is 1. The fraction of sp³-hybridized carbons (Fsp3) is 0.0714. The summed E-state index contributed by atoms with van der Waals surface area (Å²) < 4.78 is 37.1. The van der Waals surface area contributed by atoms with Crippen LogP contribution in [0.3, 0.4) is 0 Å². The summed E-state index contributed by atoms with van der Waals surface area (Å²) in [6.07, 6.45) is 3.34. The van der Waals surface area contributed by atoms with Crippen molar-refractivity contribution in [2.45, 2.75) is 10.4 Å². The first kappa shape index (κ1) is 13.1. The van der Waals surface area contributed by atoms with Crippen LogP contribution in [0.25, 0.3) is 22.2 Å². The maximum Gasteiger partial charge on any atom is 0.446 e. The molecule has 0 spiro atoms. The number of hydrogen-bond donors (Lipinski definition) is 1. The SMILES string of the molecule is FC(F)(F)Sc1ccc2[nH]c(-c3ccncc3)cc2c1. The van der Waals surface area contributed by atoms with E-state index >= 15 is 0 Å². The number of alkyl halides is 3. The molecule has 2 nitrogen and oxygen atoms in total. The first-order valence-corrected chi connectivity index (χ1v) is 6.62. The van der Waals surface area contributed by atoms with E-state index in [1.807, 2.05) is 18.2 Å². The Labute approximate surface area is 117 Å². The molecule has 2 aromatic heterocycles. The van der Waals surface area contributed by atoms with Gasteiger partial charge < -0.3 is 4.98 Å². The smallest absolute Gasteiger partial charge is 0.355 e. The van der Waals surface area contributed by atoms with Gasteiger partial charge in [0.15, 0.2) is 0 Å². The Morgan fingerprint density at radius 2 is 1.75 bits per heavy atom. The molecule has 2 heterocycles. The maximum atomic E-state index is 12.4. The third-order valence-electron chi connectivity index (χ3n) is 2.82. The molecule has 0 aliphatic rings. The Kier molecular flexibility index (Phi) is 3.17. The van der Waals surface area contributed by atoms with Crippen LogP contribution in [-0.4, -0.2) is 15.5 Å². The summed E-state index contributed by atoms with van der Waals surface area (Å²) in [5.74, 6) is 0. The number of thioether (sulfide) groups is 1. The van der Waals surface area contributed by atoms with Crippen molar-refractivity contribution in [2.24, 2.45) is 0 Å². The van der Waals surface area contributed by atoms with Gasteiger partial charge in [0.05, 0.1) is 0 Å². The molecule has 1 N–H and O–H groups in total. The molecule has 20 heavy (non-hydrogen) atoms. The van der Waals surface area contributed by atoms with Crippen LogP contribution in [-0.2, 0) is 0 Å². The second-order valence-electron chi connectivity index (χ2n) is 4.22. The van der Waals surface area contributed by atoms with Gasteiger partial charge in [-0.15, -0.1) is 0 Å². The van der Waals surface area contributed by atoms with Crippen LogP contribution in [0.1, 0.15) is 0 Å². The number of benzene rings is 1. The minimum atomic E-state index is -4.27. The largest absolute Gasteiger partial charge is 0.446 e. The van der Waals surface area contributed by atoms with Gasteiger partial charge in [0.2, 0.25) is 0 Å². The van der Waals surface area contributed by atoms with Gasteiger partial charge in [-0.2, -0.15) is 13.2 Å². The summed E-state index contributed by atoms with van der Waals surface area (Å²) >= 11 is -0.103. The number of nitrogens with one attached hydrogen (secondary N) is 1. The van der Waals surface area contributed by atoms with E-state index in [9.17, 15) is 13.2 Å². The third kappa shape index (κ3) is 2.80. The molecule has 0 radical (unpaired) electrons. The number of halogens is 3. The summed E-state index contributed by atoms with van der Waals surface area (Å²) in [6.45, 7) is 0. The summed E-state index contributed by atoms with van der Waals surface area (Å²) in [6, 6.07) is 10.2.